The summed E-state index contributed by atoms with van der Waals surface area (Å²) in [6, 6.07) is -1.65. The van der Waals surface area contributed by atoms with Crippen LogP contribution in [0.1, 0.15) is 181 Å². The summed E-state index contributed by atoms with van der Waals surface area (Å²) in [7, 11) is 0. The van der Waals surface area contributed by atoms with Crippen LogP contribution in [0.2, 0.25) is 0 Å². The molecule has 3 heterocycles. The second-order valence-corrected chi connectivity index (χ2v) is 31.7. The van der Waals surface area contributed by atoms with Crippen molar-refractivity contribution in [1.29, 1.82) is 0 Å². The van der Waals surface area contributed by atoms with Gasteiger partial charge in [0.1, 0.15) is 78.5 Å². The summed E-state index contributed by atoms with van der Waals surface area (Å²) in [6.45, 7) is 10.1. The van der Waals surface area contributed by atoms with Gasteiger partial charge in [0.2, 0.25) is 71.4 Å². The van der Waals surface area contributed by atoms with Gasteiger partial charge < -0.3 is 110 Å². The number of rotatable bonds is 43. The SMILES string of the molecule is CCC(C)CC(C)CCCCCCCCC(=O)NC1CC(O)C(NCCNC(=O)C(N)CCCNC(=O)C(Cc2ccccc2)NC(=O)C(CC(C)C)NC(=O)C(CCSC)NC=O)NC(=O)C2CCCN2C(=O)C(C(O)CCN)NC(=O)C(C(O)C(O)c2ccc(O)cc2)NC(=O)C2CC(O)CN2C(=O)C(C(C)O)NC1=O. The summed E-state index contributed by atoms with van der Waals surface area (Å²) in [5.41, 5.74) is 12.9. The highest BCUT2D eigenvalue weighted by Crippen LogP contribution is 2.27. The molecule has 5 rings (SSSR count). The van der Waals surface area contributed by atoms with Crippen LogP contribution in [0.25, 0.3) is 0 Å². The molecule has 0 radical (unpaired) electrons. The van der Waals surface area contributed by atoms with Crippen molar-refractivity contribution < 1.29 is 93.3 Å². The molecule has 34 nitrogen and oxygen atoms in total. The Hall–Kier alpha value is -8.13. The Balaban J connectivity index is 1.41. The highest BCUT2D eigenvalue weighted by atomic mass is 32.2. The maximum absolute atomic E-state index is 15.0. The van der Waals surface area contributed by atoms with Gasteiger partial charge in [-0.2, -0.15) is 11.8 Å². The first kappa shape index (κ1) is 95.5. The van der Waals surface area contributed by atoms with Crippen molar-refractivity contribution >= 4 is 83.2 Å². The molecule has 3 fully saturated rings. The molecule has 0 saturated carbocycles. The predicted molar refractivity (Wildman–Crippen MR) is 422 cm³/mol. The third kappa shape index (κ3) is 31.5. The standard InChI is InChI=1S/C78H127N15O19S/c1-8-46(4)39-47(5)20-14-11-9-10-12-17-25-62(100)85-57-42-61(99)68(81-34-35-83-69(103)53(80)23-18-33-82-70(104)56(40-49-21-15-13-16-22-49)87-72(106)55(38-45(2)3)86-71(105)54(84-44-94)31-37-113-7)91-74(108)58-24-19-36-92(58)78(112)64(60(98)30-32-79)89-76(110)65(67(102)66(101)50-26-28-51(96)29-27-50)90-75(109)59-41-52(97)43-93(59)77(111)63(48(6)95)88-73(57)107/h13,15-16,21-22,26-29,44-48,52-61,63-68,81,95-99,101-102H,8-12,14,17-20,23-25,30-43,79-80H2,1-7H3,(H,82,104)(H,83,103)(H,84,94)(H,85,100)(H,86,105)(H,87,106)(H,88,107)(H,89,110)(H,90,109)(H,91,108). The number of amides is 12. The van der Waals surface area contributed by atoms with Crippen molar-refractivity contribution in [1.82, 2.24) is 68.3 Å². The van der Waals surface area contributed by atoms with E-state index in [0.717, 1.165) is 67.2 Å². The number of unbranched alkanes of at least 4 members (excludes halogenated alkanes) is 5. The quantitative estimate of drug-likeness (QED) is 0.0258. The van der Waals surface area contributed by atoms with Crippen molar-refractivity contribution in [3.63, 3.8) is 0 Å². The zero-order valence-corrected chi connectivity index (χ0v) is 67.2. The second kappa shape index (κ2) is 49.6. The van der Waals surface area contributed by atoms with Crippen molar-refractivity contribution in [2.24, 2.45) is 29.2 Å². The Kier molecular flexibility index (Phi) is 41.9. The number of nitrogens with zero attached hydrogens (tertiary/aromatic N) is 2. The van der Waals surface area contributed by atoms with Crippen molar-refractivity contribution in [2.45, 2.75) is 273 Å². The number of carbonyl (C=O) groups is 12. The molecule has 0 bridgehead atoms. The number of hydrogen-bond donors (Lipinski definition) is 20. The van der Waals surface area contributed by atoms with E-state index in [1.54, 1.807) is 30.3 Å². The lowest BCUT2D eigenvalue weighted by molar-refractivity contribution is -0.147. The third-order valence-corrected chi connectivity index (χ3v) is 21.5. The Bertz CT molecular complexity index is 3350. The average Bonchev–Trinajstić information content (AvgIpc) is 1.73. The zero-order chi connectivity index (χ0) is 83.4. The number of aromatic hydroxyl groups is 1. The molecule has 113 heavy (non-hydrogen) atoms. The number of phenols is 1. The van der Waals surface area contributed by atoms with Gasteiger partial charge in [0.05, 0.1) is 30.5 Å². The maximum Gasteiger partial charge on any atom is 0.248 e. The van der Waals surface area contributed by atoms with Crippen LogP contribution in [0, 0.1) is 17.8 Å². The first-order chi connectivity index (χ1) is 53.8. The fourth-order valence-electron chi connectivity index (χ4n) is 14.2. The van der Waals surface area contributed by atoms with Crippen LogP contribution >= 0.6 is 11.8 Å². The fourth-order valence-corrected chi connectivity index (χ4v) is 14.7. The summed E-state index contributed by atoms with van der Waals surface area (Å²) in [6.07, 6.45) is -3.02. The number of carbonyl (C=O) groups excluding carboxylic acids is 12. The summed E-state index contributed by atoms with van der Waals surface area (Å²) in [5, 5.41) is 109. The van der Waals surface area contributed by atoms with E-state index >= 15 is 0 Å². The summed E-state index contributed by atoms with van der Waals surface area (Å²) in [5.74, 6) is -8.41. The molecule has 19 unspecified atom stereocenters. The smallest absolute Gasteiger partial charge is 0.248 e. The van der Waals surface area contributed by atoms with Gasteiger partial charge in [-0.15, -0.1) is 0 Å². The van der Waals surface area contributed by atoms with Crippen molar-refractivity contribution in [3.8, 4) is 5.75 Å². The van der Waals surface area contributed by atoms with E-state index in [0.29, 0.717) is 43.3 Å². The number of nitrogens with two attached hydrogens (primary N) is 2. The molecule has 0 spiro atoms. The van der Waals surface area contributed by atoms with Gasteiger partial charge >= 0.3 is 0 Å². The first-order valence-electron chi connectivity index (χ1n) is 39.9. The normalized spacial score (nSPS) is 23.5. The number of aliphatic hydroxyl groups is 6. The number of benzene rings is 2. The minimum absolute atomic E-state index is 0.00402. The number of aliphatic hydroxyl groups excluding tert-OH is 6. The fraction of sp³-hybridized carbons (Fsp3) is 0.692. The van der Waals surface area contributed by atoms with Gasteiger partial charge in [0.25, 0.3) is 0 Å². The number of fused-ring (bicyclic) bond motifs is 2. The molecule has 0 aliphatic carbocycles. The van der Waals surface area contributed by atoms with Crippen LogP contribution in [0.5, 0.6) is 5.75 Å². The molecule has 3 saturated heterocycles. The first-order valence-corrected chi connectivity index (χ1v) is 41.3. The van der Waals surface area contributed by atoms with Gasteiger partial charge in [-0.3, -0.25) is 62.9 Å². The topological polar surface area (TPSA) is 537 Å². The van der Waals surface area contributed by atoms with E-state index in [1.807, 2.05) is 20.1 Å². The van der Waals surface area contributed by atoms with Gasteiger partial charge in [0, 0.05) is 58.4 Å². The summed E-state index contributed by atoms with van der Waals surface area (Å²) < 4.78 is 0. The molecule has 22 N–H and O–H groups in total. The molecule has 12 amide bonds. The Morgan fingerprint density at radius 3 is 1.93 bits per heavy atom. The molecule has 2 aromatic carbocycles. The largest absolute Gasteiger partial charge is 0.508 e. The number of thioether (sulfide) groups is 1. The van der Waals surface area contributed by atoms with E-state index in [-0.39, 0.29) is 101 Å². The van der Waals surface area contributed by atoms with Gasteiger partial charge in [-0.1, -0.05) is 122 Å². The molecule has 35 heteroatoms. The monoisotopic (exact) mass is 1610 g/mol. The zero-order valence-electron chi connectivity index (χ0n) is 66.4. The molecule has 3 aliphatic heterocycles. The Morgan fingerprint density at radius 1 is 0.646 bits per heavy atom. The lowest BCUT2D eigenvalue weighted by Gasteiger charge is -2.34. The predicted octanol–water partition coefficient (Wildman–Crippen LogP) is -1.78. The molecule has 0 aromatic heterocycles. The van der Waals surface area contributed by atoms with Crippen LogP contribution in [0.3, 0.4) is 0 Å². The molecule has 3 aliphatic rings. The maximum atomic E-state index is 15.0. The molecule has 2 aromatic rings. The van der Waals surface area contributed by atoms with Crippen LogP contribution in [-0.2, 0) is 64.0 Å². The highest BCUT2D eigenvalue weighted by molar-refractivity contribution is 7.98. The number of phenolic OH excluding ortho intramolecular Hbond substituents is 1. The molecule has 634 valence electrons. The lowest BCUT2D eigenvalue weighted by Crippen LogP contribution is -2.64. The minimum atomic E-state index is -2.31. The van der Waals surface area contributed by atoms with E-state index in [1.165, 1.54) is 36.0 Å². The number of hydrogen-bond acceptors (Lipinski definition) is 23. The molecular weight excluding hydrogens is 1480 g/mol. The molecule has 19 atom stereocenters. The van der Waals surface area contributed by atoms with Gasteiger partial charge in [-0.05, 0) is 124 Å². The highest BCUT2D eigenvalue weighted by Gasteiger charge is 2.48. The number of nitrogens with one attached hydrogen (secondary N) is 11. The Morgan fingerprint density at radius 2 is 1.27 bits per heavy atom. The van der Waals surface area contributed by atoms with E-state index < -0.39 is 188 Å². The summed E-state index contributed by atoms with van der Waals surface area (Å²) >= 11 is 1.48. The van der Waals surface area contributed by atoms with Crippen LogP contribution in [-0.4, -0.2) is 265 Å². The third-order valence-electron chi connectivity index (χ3n) is 20.9. The minimum Gasteiger partial charge on any atom is -0.508 e. The molecular formula is C78H127N15O19S. The van der Waals surface area contributed by atoms with Crippen molar-refractivity contribution in [2.75, 3.05) is 51.3 Å². The van der Waals surface area contributed by atoms with Crippen molar-refractivity contribution in [3.05, 3.63) is 65.7 Å². The average molecular weight is 1610 g/mol. The van der Waals surface area contributed by atoms with E-state index in [4.69, 9.17) is 11.5 Å². The van der Waals surface area contributed by atoms with Crippen LogP contribution in [0.15, 0.2) is 54.6 Å². The van der Waals surface area contributed by atoms with Gasteiger partial charge in [0.15, 0.2) is 0 Å². The second-order valence-electron chi connectivity index (χ2n) is 30.7. The van der Waals surface area contributed by atoms with E-state index in [2.05, 4.69) is 79.3 Å². The Labute approximate surface area is 666 Å². The van der Waals surface area contributed by atoms with E-state index in [9.17, 15) is 93.3 Å². The lowest BCUT2D eigenvalue weighted by atomic mass is 9.91. The van der Waals surface area contributed by atoms with Gasteiger partial charge in [-0.25, -0.2) is 0 Å². The van der Waals surface area contributed by atoms with Crippen LogP contribution < -0.4 is 70.0 Å². The van der Waals surface area contributed by atoms with Crippen LogP contribution in [0.4, 0.5) is 0 Å². The summed E-state index contributed by atoms with van der Waals surface area (Å²) in [4.78, 5) is 171.